The van der Waals surface area contributed by atoms with Crippen molar-refractivity contribution in [2.24, 2.45) is 0 Å². The smallest absolute Gasteiger partial charge is 0.279 e. The van der Waals surface area contributed by atoms with Crippen LogP contribution in [0.4, 0.5) is 5.69 Å². The molecule has 1 amide bonds. The van der Waals surface area contributed by atoms with E-state index in [-0.39, 0.29) is 12.5 Å². The molecule has 2 N–H and O–H groups in total. The van der Waals surface area contributed by atoms with Crippen LogP contribution in [0.25, 0.3) is 0 Å². The Morgan fingerprint density at radius 1 is 1.40 bits per heavy atom. The summed E-state index contributed by atoms with van der Waals surface area (Å²) in [6.45, 7) is 0.481. The second-order valence-electron chi connectivity index (χ2n) is 4.59. The Hall–Kier alpha value is -1.64. The number of amides is 1. The van der Waals surface area contributed by atoms with Crippen molar-refractivity contribution in [3.8, 4) is 5.75 Å². The highest BCUT2D eigenvalue weighted by molar-refractivity contribution is 7.87. The lowest BCUT2D eigenvalue weighted by Crippen LogP contribution is -2.35. The summed E-state index contributed by atoms with van der Waals surface area (Å²) in [6, 6.07) is 5.19. The van der Waals surface area contributed by atoms with Crippen LogP contribution in [0.15, 0.2) is 18.2 Å². The molecule has 1 aliphatic rings. The molecule has 0 unspecified atom stereocenters. The number of ether oxygens (including phenoxy) is 1. The monoisotopic (exact) mass is 299 g/mol. The third-order valence-electron chi connectivity index (χ3n) is 2.84. The van der Waals surface area contributed by atoms with Crippen molar-refractivity contribution in [2.75, 3.05) is 26.0 Å². The van der Waals surface area contributed by atoms with E-state index in [1.54, 1.807) is 18.2 Å². The Morgan fingerprint density at radius 3 is 2.85 bits per heavy atom. The lowest BCUT2D eigenvalue weighted by Gasteiger charge is -2.13. The van der Waals surface area contributed by atoms with E-state index in [2.05, 4.69) is 10.0 Å². The maximum atomic E-state index is 11.6. The van der Waals surface area contributed by atoms with Gasteiger partial charge in [0.1, 0.15) is 5.75 Å². The summed E-state index contributed by atoms with van der Waals surface area (Å²) in [5.41, 5.74) is 1.30. The number of carbonyl (C=O) groups is 1. The van der Waals surface area contributed by atoms with Gasteiger partial charge in [-0.05, 0) is 17.7 Å². The van der Waals surface area contributed by atoms with E-state index >= 15 is 0 Å². The van der Waals surface area contributed by atoms with Gasteiger partial charge in [-0.3, -0.25) is 4.79 Å². The van der Waals surface area contributed by atoms with Gasteiger partial charge in [-0.2, -0.15) is 17.4 Å². The standard InChI is InChI=1S/C12H17N3O4S/c1-15(2)20(17,18)13-8-9-3-4-11-10(7-9)14-12(16)5-6-19-11/h3-4,7,13H,5-6,8H2,1-2H3,(H,14,16). The highest BCUT2D eigenvalue weighted by Crippen LogP contribution is 2.28. The Bertz CT molecular complexity index is 613. The number of hydrogen-bond donors (Lipinski definition) is 2. The van der Waals surface area contributed by atoms with Crippen LogP contribution in [0.1, 0.15) is 12.0 Å². The van der Waals surface area contributed by atoms with Crippen LogP contribution >= 0.6 is 0 Å². The van der Waals surface area contributed by atoms with Crippen LogP contribution in [0.5, 0.6) is 5.75 Å². The highest BCUT2D eigenvalue weighted by Gasteiger charge is 2.16. The predicted molar refractivity (Wildman–Crippen MR) is 74.6 cm³/mol. The van der Waals surface area contributed by atoms with Crippen LogP contribution in [-0.4, -0.2) is 39.3 Å². The number of benzene rings is 1. The van der Waals surface area contributed by atoms with Gasteiger partial charge in [0.2, 0.25) is 5.91 Å². The fourth-order valence-corrected chi connectivity index (χ4v) is 2.29. The van der Waals surface area contributed by atoms with Gasteiger partial charge >= 0.3 is 0 Å². The highest BCUT2D eigenvalue weighted by atomic mass is 32.2. The van der Waals surface area contributed by atoms with Gasteiger partial charge in [0.15, 0.2) is 0 Å². The van der Waals surface area contributed by atoms with E-state index in [0.29, 0.717) is 24.5 Å². The molecule has 0 atom stereocenters. The molecule has 7 nitrogen and oxygen atoms in total. The van der Waals surface area contributed by atoms with Crippen LogP contribution in [-0.2, 0) is 21.5 Å². The molecule has 110 valence electrons. The molecule has 1 aliphatic heterocycles. The Balaban J connectivity index is 2.13. The van der Waals surface area contributed by atoms with E-state index in [0.717, 1.165) is 9.87 Å². The first-order valence-electron chi connectivity index (χ1n) is 6.11. The number of anilines is 1. The van der Waals surface area contributed by atoms with E-state index in [4.69, 9.17) is 4.74 Å². The van der Waals surface area contributed by atoms with Crippen molar-refractivity contribution in [3.63, 3.8) is 0 Å². The Kier molecular flexibility index (Phi) is 4.26. The number of fused-ring (bicyclic) bond motifs is 1. The first-order chi connectivity index (χ1) is 9.38. The van der Waals surface area contributed by atoms with Gasteiger partial charge in [-0.15, -0.1) is 0 Å². The zero-order valence-corrected chi connectivity index (χ0v) is 12.2. The maximum absolute atomic E-state index is 11.6. The Labute approximate surface area is 118 Å². The van der Waals surface area contributed by atoms with Crippen molar-refractivity contribution >= 4 is 21.8 Å². The van der Waals surface area contributed by atoms with Crippen molar-refractivity contribution in [2.45, 2.75) is 13.0 Å². The normalized spacial score (nSPS) is 15.2. The first-order valence-corrected chi connectivity index (χ1v) is 7.55. The SMILES string of the molecule is CN(C)S(=O)(=O)NCc1ccc2c(c1)NC(=O)CCO2. The second-order valence-corrected chi connectivity index (χ2v) is 6.55. The van der Waals surface area contributed by atoms with Gasteiger partial charge in [-0.25, -0.2) is 0 Å². The Morgan fingerprint density at radius 2 is 2.15 bits per heavy atom. The van der Waals surface area contributed by atoms with Gasteiger partial charge in [-0.1, -0.05) is 6.07 Å². The van der Waals surface area contributed by atoms with E-state index in [1.807, 2.05) is 0 Å². The average Bonchev–Trinajstić information content (AvgIpc) is 2.56. The van der Waals surface area contributed by atoms with Crippen molar-refractivity contribution in [1.29, 1.82) is 0 Å². The minimum atomic E-state index is -3.47. The second kappa shape index (κ2) is 5.78. The molecule has 0 aliphatic carbocycles. The summed E-state index contributed by atoms with van der Waals surface area (Å²) in [6.07, 6.45) is 0.303. The number of nitrogens with one attached hydrogen (secondary N) is 2. The number of rotatable bonds is 4. The van der Waals surface area contributed by atoms with Gasteiger partial charge in [0, 0.05) is 20.6 Å². The summed E-state index contributed by atoms with van der Waals surface area (Å²) in [5.74, 6) is 0.477. The molecule has 1 heterocycles. The minimum Gasteiger partial charge on any atom is -0.491 e. The first kappa shape index (κ1) is 14.8. The van der Waals surface area contributed by atoms with Crippen LogP contribution in [0, 0.1) is 0 Å². The van der Waals surface area contributed by atoms with Gasteiger partial charge in [0.25, 0.3) is 10.2 Å². The molecule has 1 aromatic carbocycles. The molecule has 0 fully saturated rings. The molecule has 0 bridgehead atoms. The predicted octanol–water partition coefficient (Wildman–Crippen LogP) is 0.304. The third-order valence-corrected chi connectivity index (χ3v) is 4.31. The van der Waals surface area contributed by atoms with E-state index in [9.17, 15) is 13.2 Å². The van der Waals surface area contributed by atoms with Gasteiger partial charge < -0.3 is 10.1 Å². The minimum absolute atomic E-state index is 0.116. The zero-order valence-electron chi connectivity index (χ0n) is 11.3. The molecule has 1 aromatic rings. The van der Waals surface area contributed by atoms with E-state index < -0.39 is 10.2 Å². The molecule has 0 saturated heterocycles. The number of hydrogen-bond acceptors (Lipinski definition) is 4. The van der Waals surface area contributed by atoms with Gasteiger partial charge in [0.05, 0.1) is 18.7 Å². The van der Waals surface area contributed by atoms with Crippen LogP contribution < -0.4 is 14.8 Å². The van der Waals surface area contributed by atoms with Crippen LogP contribution in [0.3, 0.4) is 0 Å². The summed E-state index contributed by atoms with van der Waals surface area (Å²) >= 11 is 0. The fourth-order valence-electron chi connectivity index (χ4n) is 1.68. The number of nitrogens with zero attached hydrogens (tertiary/aromatic N) is 1. The molecular formula is C12H17N3O4S. The summed E-state index contributed by atoms with van der Waals surface area (Å²) in [5, 5.41) is 2.73. The molecule has 0 radical (unpaired) electrons. The largest absolute Gasteiger partial charge is 0.491 e. The average molecular weight is 299 g/mol. The molecular weight excluding hydrogens is 282 g/mol. The molecule has 8 heteroatoms. The summed E-state index contributed by atoms with van der Waals surface area (Å²) < 4.78 is 32.2. The van der Waals surface area contributed by atoms with E-state index in [1.165, 1.54) is 14.1 Å². The van der Waals surface area contributed by atoms with Crippen molar-refractivity contribution in [3.05, 3.63) is 23.8 Å². The molecule has 0 aromatic heterocycles. The summed E-state index contributed by atoms with van der Waals surface area (Å²) in [7, 11) is -0.567. The number of carbonyl (C=O) groups excluding carboxylic acids is 1. The lowest BCUT2D eigenvalue weighted by molar-refractivity contribution is -0.116. The summed E-state index contributed by atoms with van der Waals surface area (Å²) in [4.78, 5) is 11.5. The van der Waals surface area contributed by atoms with Crippen LogP contribution in [0.2, 0.25) is 0 Å². The molecule has 0 saturated carbocycles. The quantitative estimate of drug-likeness (QED) is 0.837. The zero-order chi connectivity index (χ0) is 14.8. The third kappa shape index (κ3) is 3.47. The fraction of sp³-hybridized carbons (Fsp3) is 0.417. The molecule has 2 rings (SSSR count). The van der Waals surface area contributed by atoms with Crippen molar-refractivity contribution < 1.29 is 17.9 Å². The van der Waals surface area contributed by atoms with Crippen molar-refractivity contribution in [1.82, 2.24) is 9.03 Å². The molecule has 0 spiro atoms. The maximum Gasteiger partial charge on any atom is 0.279 e. The lowest BCUT2D eigenvalue weighted by atomic mass is 10.2. The molecule has 20 heavy (non-hydrogen) atoms. The topological polar surface area (TPSA) is 87.7 Å².